The number of carbonyl (C=O) groups excluding carboxylic acids is 2. The van der Waals surface area contributed by atoms with Gasteiger partial charge in [0.2, 0.25) is 5.91 Å². The lowest BCUT2D eigenvalue weighted by Crippen LogP contribution is -2.51. The summed E-state index contributed by atoms with van der Waals surface area (Å²) in [5.41, 5.74) is 4.57. The van der Waals surface area contributed by atoms with Crippen LogP contribution in [0.25, 0.3) is 6.08 Å². The van der Waals surface area contributed by atoms with Crippen LogP contribution < -0.4 is 10.6 Å². The van der Waals surface area contributed by atoms with E-state index < -0.39 is 0 Å². The van der Waals surface area contributed by atoms with Crippen molar-refractivity contribution < 1.29 is 9.59 Å². The fraction of sp³-hybridized carbons (Fsp3) is 0.360. The van der Waals surface area contributed by atoms with Gasteiger partial charge in [0.05, 0.1) is 4.91 Å². The number of aryl methyl sites for hydroxylation is 2. The third kappa shape index (κ3) is 4.96. The van der Waals surface area contributed by atoms with Crippen LogP contribution in [-0.2, 0) is 16.1 Å². The Morgan fingerprint density at radius 1 is 1.07 bits per heavy atom. The van der Waals surface area contributed by atoms with E-state index in [1.807, 2.05) is 30.3 Å². The molecule has 2 aliphatic rings. The Kier molecular flexibility index (Phi) is 6.28. The minimum Gasteiger partial charge on any atom is -0.352 e. The first-order valence-corrected chi connectivity index (χ1v) is 11.4. The van der Waals surface area contributed by atoms with Crippen molar-refractivity contribution in [2.45, 2.75) is 50.9 Å². The molecule has 1 aliphatic carbocycles. The molecule has 3 unspecified atom stereocenters. The summed E-state index contributed by atoms with van der Waals surface area (Å²) in [6.45, 7) is 4.66. The minimum absolute atomic E-state index is 0.0254. The van der Waals surface area contributed by atoms with E-state index >= 15 is 0 Å². The van der Waals surface area contributed by atoms with Crippen LogP contribution in [0.2, 0.25) is 0 Å². The smallest absolute Gasteiger partial charge is 0.257 e. The monoisotopic (exact) mass is 420 g/mol. The highest BCUT2D eigenvalue weighted by molar-refractivity contribution is 8.04. The van der Waals surface area contributed by atoms with E-state index in [0.29, 0.717) is 18.2 Å². The fourth-order valence-electron chi connectivity index (χ4n) is 4.08. The molecule has 30 heavy (non-hydrogen) atoms. The van der Waals surface area contributed by atoms with Gasteiger partial charge in [-0.2, -0.15) is 0 Å². The summed E-state index contributed by atoms with van der Waals surface area (Å²) in [5.74, 6) is 0.0250. The molecule has 2 aromatic carbocycles. The second-order valence-electron chi connectivity index (χ2n) is 8.37. The Hall–Kier alpha value is -2.53. The Morgan fingerprint density at radius 2 is 1.73 bits per heavy atom. The lowest BCUT2D eigenvalue weighted by molar-refractivity contribution is -0.127. The number of nitrogens with one attached hydrogen (secondary N) is 2. The van der Waals surface area contributed by atoms with Gasteiger partial charge in [0.1, 0.15) is 0 Å². The molecule has 4 nitrogen and oxygen atoms in total. The first-order chi connectivity index (χ1) is 14.5. The highest BCUT2D eigenvalue weighted by Gasteiger charge is 2.39. The summed E-state index contributed by atoms with van der Waals surface area (Å²) in [7, 11) is 0. The maximum Gasteiger partial charge on any atom is 0.257 e. The summed E-state index contributed by atoms with van der Waals surface area (Å²) in [6.07, 6.45) is 4.47. The van der Waals surface area contributed by atoms with Crippen molar-refractivity contribution in [3.05, 3.63) is 75.7 Å². The van der Waals surface area contributed by atoms with Gasteiger partial charge < -0.3 is 10.6 Å². The minimum atomic E-state index is -0.0415. The number of hydrogen-bond donors (Lipinski definition) is 2. The summed E-state index contributed by atoms with van der Waals surface area (Å²) >= 11 is 1.67. The van der Waals surface area contributed by atoms with Gasteiger partial charge in [-0.25, -0.2) is 0 Å². The zero-order valence-corrected chi connectivity index (χ0v) is 18.3. The number of thioether (sulfide) groups is 1. The normalized spacial score (nSPS) is 24.8. The summed E-state index contributed by atoms with van der Waals surface area (Å²) in [5, 5.41) is 6.56. The lowest BCUT2D eigenvalue weighted by Gasteiger charge is -2.39. The van der Waals surface area contributed by atoms with Crippen LogP contribution in [0.4, 0.5) is 0 Å². The molecule has 156 valence electrons. The van der Waals surface area contributed by atoms with Crippen LogP contribution >= 0.6 is 11.8 Å². The van der Waals surface area contributed by atoms with Crippen LogP contribution in [0.1, 0.15) is 41.5 Å². The summed E-state index contributed by atoms with van der Waals surface area (Å²) in [4.78, 5) is 26.1. The van der Waals surface area contributed by atoms with Crippen LogP contribution in [0.15, 0.2) is 53.4 Å². The first kappa shape index (κ1) is 20.7. The van der Waals surface area contributed by atoms with Gasteiger partial charge in [-0.05, 0) is 50.3 Å². The van der Waals surface area contributed by atoms with Gasteiger partial charge >= 0.3 is 0 Å². The van der Waals surface area contributed by atoms with Crippen LogP contribution in [0.5, 0.6) is 0 Å². The van der Waals surface area contributed by atoms with Crippen molar-refractivity contribution >= 4 is 29.7 Å². The first-order valence-electron chi connectivity index (χ1n) is 10.6. The van der Waals surface area contributed by atoms with Gasteiger partial charge in [0.15, 0.2) is 0 Å². The predicted molar refractivity (Wildman–Crippen MR) is 123 cm³/mol. The topological polar surface area (TPSA) is 58.2 Å². The zero-order chi connectivity index (χ0) is 21.1. The SMILES string of the molecule is Cc1ccc(/C=C2/SC3CCC(C(=O)NCc4ccc(C)cc4)CC3NC2=O)cc1. The van der Waals surface area contributed by atoms with E-state index in [-0.39, 0.29) is 23.8 Å². The third-order valence-corrected chi connectivity index (χ3v) is 7.36. The average molecular weight is 421 g/mol. The molecule has 5 heteroatoms. The number of benzene rings is 2. The quantitative estimate of drug-likeness (QED) is 0.723. The zero-order valence-electron chi connectivity index (χ0n) is 17.5. The number of hydrogen-bond acceptors (Lipinski definition) is 3. The maximum atomic E-state index is 12.7. The molecule has 1 saturated carbocycles. The molecule has 0 aromatic heterocycles. The predicted octanol–water partition coefficient (Wildman–Crippen LogP) is 4.36. The Labute approximate surface area is 182 Å². The van der Waals surface area contributed by atoms with E-state index in [0.717, 1.165) is 28.9 Å². The molecular weight excluding hydrogens is 392 g/mol. The van der Waals surface area contributed by atoms with Crippen molar-refractivity contribution in [3.63, 3.8) is 0 Å². The van der Waals surface area contributed by atoms with Crippen LogP contribution in [-0.4, -0.2) is 23.1 Å². The molecule has 0 radical (unpaired) electrons. The second kappa shape index (κ2) is 9.09. The Bertz CT molecular complexity index is 950. The summed E-state index contributed by atoms with van der Waals surface area (Å²) in [6, 6.07) is 16.5. The van der Waals surface area contributed by atoms with Crippen LogP contribution in [0, 0.1) is 19.8 Å². The molecule has 2 fully saturated rings. The molecule has 3 atom stereocenters. The lowest BCUT2D eigenvalue weighted by atomic mass is 9.84. The highest BCUT2D eigenvalue weighted by Crippen LogP contribution is 2.40. The maximum absolute atomic E-state index is 12.7. The number of amides is 2. The standard InChI is InChI=1S/C25H28N2O2S/c1-16-3-7-18(8-4-16)13-23-25(29)27-21-14-20(11-12-22(21)30-23)24(28)26-15-19-9-5-17(2)6-10-19/h3-10,13,20-22H,11-12,14-15H2,1-2H3,(H,26,28)(H,27,29)/b23-13+. The highest BCUT2D eigenvalue weighted by atomic mass is 32.2. The van der Waals surface area contributed by atoms with Crippen molar-refractivity contribution in [1.29, 1.82) is 0 Å². The van der Waals surface area contributed by atoms with Crippen LogP contribution in [0.3, 0.4) is 0 Å². The van der Waals surface area contributed by atoms with Gasteiger partial charge in [-0.15, -0.1) is 11.8 Å². The van der Waals surface area contributed by atoms with E-state index in [1.54, 1.807) is 11.8 Å². The molecule has 2 amide bonds. The molecule has 0 spiro atoms. The molecule has 1 saturated heterocycles. The van der Waals surface area contributed by atoms with E-state index in [4.69, 9.17) is 0 Å². The van der Waals surface area contributed by atoms with Crippen molar-refractivity contribution in [1.82, 2.24) is 10.6 Å². The second-order valence-corrected chi connectivity index (χ2v) is 9.65. The molecule has 2 aromatic rings. The largest absolute Gasteiger partial charge is 0.352 e. The molecular formula is C25H28N2O2S. The van der Waals surface area contributed by atoms with Crippen molar-refractivity contribution in [2.24, 2.45) is 5.92 Å². The average Bonchev–Trinajstić information content (AvgIpc) is 2.75. The molecule has 1 heterocycles. The third-order valence-electron chi connectivity index (χ3n) is 5.94. The van der Waals surface area contributed by atoms with Gasteiger partial charge in [-0.3, -0.25) is 9.59 Å². The molecule has 4 rings (SSSR count). The van der Waals surface area contributed by atoms with Gasteiger partial charge in [-0.1, -0.05) is 59.7 Å². The molecule has 2 N–H and O–H groups in total. The van der Waals surface area contributed by atoms with E-state index in [9.17, 15) is 9.59 Å². The number of fused-ring (bicyclic) bond motifs is 1. The molecule has 0 bridgehead atoms. The van der Waals surface area contributed by atoms with Gasteiger partial charge in [0, 0.05) is 23.8 Å². The summed E-state index contributed by atoms with van der Waals surface area (Å²) < 4.78 is 0. The Morgan fingerprint density at radius 3 is 2.43 bits per heavy atom. The Balaban J connectivity index is 1.34. The number of rotatable bonds is 4. The fourth-order valence-corrected chi connectivity index (χ4v) is 5.38. The van der Waals surface area contributed by atoms with Crippen molar-refractivity contribution in [2.75, 3.05) is 0 Å². The van der Waals surface area contributed by atoms with E-state index in [2.05, 4.69) is 48.7 Å². The number of carbonyl (C=O) groups is 2. The van der Waals surface area contributed by atoms with E-state index in [1.165, 1.54) is 11.1 Å². The molecule has 1 aliphatic heterocycles. The van der Waals surface area contributed by atoms with Gasteiger partial charge in [0.25, 0.3) is 5.91 Å². The van der Waals surface area contributed by atoms with Crippen molar-refractivity contribution in [3.8, 4) is 0 Å².